The van der Waals surface area contributed by atoms with Crippen molar-refractivity contribution >= 4 is 5.57 Å². The van der Waals surface area contributed by atoms with Crippen LogP contribution in [0.3, 0.4) is 0 Å². The Kier molecular flexibility index (Phi) is 3.79. The van der Waals surface area contributed by atoms with Crippen LogP contribution < -0.4 is 0 Å². The van der Waals surface area contributed by atoms with Gasteiger partial charge in [0.15, 0.2) is 0 Å². The molecule has 0 saturated carbocycles. The summed E-state index contributed by atoms with van der Waals surface area (Å²) in [5.41, 5.74) is 9.79. The largest absolute Gasteiger partial charge is 0.0730 e. The van der Waals surface area contributed by atoms with Gasteiger partial charge in [-0.25, -0.2) is 0 Å². The Bertz CT molecular complexity index is 729. The molecule has 106 valence electrons. The molecule has 2 aromatic carbocycles. The molecule has 0 heteroatoms. The van der Waals surface area contributed by atoms with Crippen molar-refractivity contribution in [2.75, 3.05) is 0 Å². The van der Waals surface area contributed by atoms with E-state index in [-0.39, 0.29) is 0 Å². The minimum Gasteiger partial charge on any atom is -0.0730 e. The average molecular weight is 274 g/mol. The van der Waals surface area contributed by atoms with E-state index in [2.05, 4.69) is 75.4 Å². The average Bonchev–Trinajstić information content (AvgIpc) is 2.49. The molecule has 0 saturated heterocycles. The van der Waals surface area contributed by atoms with Crippen LogP contribution in [0.4, 0.5) is 0 Å². The SMILES string of the molecule is CC1=CC=C(c2cccc(C)c2-c2ccccc2C)CC1. The Labute approximate surface area is 127 Å². The van der Waals surface area contributed by atoms with Gasteiger partial charge in [0.1, 0.15) is 0 Å². The summed E-state index contributed by atoms with van der Waals surface area (Å²) in [6.07, 6.45) is 6.88. The van der Waals surface area contributed by atoms with Crippen molar-refractivity contribution in [1.29, 1.82) is 0 Å². The Morgan fingerprint density at radius 2 is 1.38 bits per heavy atom. The standard InChI is InChI=1S/C21H22/c1-15-11-13-18(14-12-15)20-10-6-8-17(3)21(20)19-9-5-4-7-16(19)2/h4-11,13H,12,14H2,1-3H3. The second kappa shape index (κ2) is 5.73. The Hall–Kier alpha value is -2.08. The number of benzene rings is 2. The summed E-state index contributed by atoms with van der Waals surface area (Å²) in [7, 11) is 0. The minimum atomic E-state index is 1.14. The van der Waals surface area contributed by atoms with Crippen LogP contribution in [0, 0.1) is 13.8 Å². The molecule has 0 nitrogen and oxygen atoms in total. The van der Waals surface area contributed by atoms with Crippen molar-refractivity contribution in [2.24, 2.45) is 0 Å². The Morgan fingerprint density at radius 1 is 0.667 bits per heavy atom. The molecule has 0 N–H and O–H groups in total. The lowest BCUT2D eigenvalue weighted by Gasteiger charge is -2.19. The molecular formula is C21H22. The van der Waals surface area contributed by atoms with Gasteiger partial charge in [0.05, 0.1) is 0 Å². The molecule has 0 atom stereocenters. The maximum Gasteiger partial charge on any atom is -0.00767 e. The third-order valence-corrected chi connectivity index (χ3v) is 4.39. The zero-order valence-electron chi connectivity index (χ0n) is 13.1. The van der Waals surface area contributed by atoms with Gasteiger partial charge in [0.25, 0.3) is 0 Å². The molecule has 21 heavy (non-hydrogen) atoms. The topological polar surface area (TPSA) is 0 Å². The van der Waals surface area contributed by atoms with Crippen molar-refractivity contribution < 1.29 is 0 Å². The van der Waals surface area contributed by atoms with E-state index in [1.165, 1.54) is 45.4 Å². The van der Waals surface area contributed by atoms with Gasteiger partial charge < -0.3 is 0 Å². The first-order valence-corrected chi connectivity index (χ1v) is 7.69. The summed E-state index contributed by atoms with van der Waals surface area (Å²) in [6.45, 7) is 6.63. The van der Waals surface area contributed by atoms with Crippen LogP contribution in [0.25, 0.3) is 16.7 Å². The lowest BCUT2D eigenvalue weighted by atomic mass is 9.85. The normalized spacial score (nSPS) is 14.6. The van der Waals surface area contributed by atoms with Crippen molar-refractivity contribution in [2.45, 2.75) is 33.6 Å². The highest BCUT2D eigenvalue weighted by molar-refractivity contribution is 5.85. The fourth-order valence-corrected chi connectivity index (χ4v) is 3.11. The Balaban J connectivity index is 2.20. The molecule has 0 bridgehead atoms. The van der Waals surface area contributed by atoms with Gasteiger partial charge in [-0.1, -0.05) is 60.2 Å². The second-order valence-corrected chi connectivity index (χ2v) is 6.02. The molecule has 2 aromatic rings. The molecule has 0 radical (unpaired) electrons. The first-order valence-electron chi connectivity index (χ1n) is 7.69. The number of hydrogen-bond donors (Lipinski definition) is 0. The summed E-state index contributed by atoms with van der Waals surface area (Å²) in [5, 5.41) is 0. The molecule has 0 unspecified atom stereocenters. The lowest BCUT2D eigenvalue weighted by molar-refractivity contribution is 0.977. The van der Waals surface area contributed by atoms with Crippen LogP contribution in [0.15, 0.2) is 60.2 Å². The molecule has 0 spiro atoms. The van der Waals surface area contributed by atoms with Crippen molar-refractivity contribution in [3.8, 4) is 11.1 Å². The zero-order chi connectivity index (χ0) is 14.8. The van der Waals surface area contributed by atoms with E-state index in [0.29, 0.717) is 0 Å². The van der Waals surface area contributed by atoms with Crippen LogP contribution >= 0.6 is 0 Å². The van der Waals surface area contributed by atoms with Crippen LogP contribution in [0.2, 0.25) is 0 Å². The summed E-state index contributed by atoms with van der Waals surface area (Å²) < 4.78 is 0. The van der Waals surface area contributed by atoms with Gasteiger partial charge >= 0.3 is 0 Å². The predicted molar refractivity (Wildman–Crippen MR) is 92.3 cm³/mol. The third-order valence-electron chi connectivity index (χ3n) is 4.39. The molecule has 0 fully saturated rings. The summed E-state index contributed by atoms with van der Waals surface area (Å²) in [4.78, 5) is 0. The van der Waals surface area contributed by atoms with E-state index in [9.17, 15) is 0 Å². The number of aryl methyl sites for hydroxylation is 2. The third kappa shape index (κ3) is 2.71. The number of hydrogen-bond acceptors (Lipinski definition) is 0. The van der Waals surface area contributed by atoms with Gasteiger partial charge in [0, 0.05) is 0 Å². The van der Waals surface area contributed by atoms with Gasteiger partial charge in [-0.05, 0) is 67.0 Å². The summed E-state index contributed by atoms with van der Waals surface area (Å²) >= 11 is 0. The molecular weight excluding hydrogens is 252 g/mol. The molecule has 3 rings (SSSR count). The first kappa shape index (κ1) is 13.9. The summed E-state index contributed by atoms with van der Waals surface area (Å²) in [6, 6.07) is 15.4. The molecule has 0 aliphatic heterocycles. The van der Waals surface area contributed by atoms with E-state index in [1.807, 2.05) is 0 Å². The van der Waals surface area contributed by atoms with Crippen LogP contribution in [-0.2, 0) is 0 Å². The molecule has 0 aromatic heterocycles. The molecule has 0 heterocycles. The quantitative estimate of drug-likeness (QED) is 0.621. The lowest BCUT2D eigenvalue weighted by Crippen LogP contribution is -1.97. The minimum absolute atomic E-state index is 1.14. The first-order chi connectivity index (χ1) is 10.2. The highest BCUT2D eigenvalue weighted by Gasteiger charge is 2.14. The van der Waals surface area contributed by atoms with E-state index >= 15 is 0 Å². The van der Waals surface area contributed by atoms with E-state index < -0.39 is 0 Å². The molecule has 1 aliphatic rings. The molecule has 0 amide bonds. The van der Waals surface area contributed by atoms with E-state index in [4.69, 9.17) is 0 Å². The van der Waals surface area contributed by atoms with E-state index in [0.717, 1.165) is 6.42 Å². The van der Waals surface area contributed by atoms with Crippen LogP contribution in [0.5, 0.6) is 0 Å². The maximum absolute atomic E-state index is 2.30. The smallest absolute Gasteiger partial charge is 0.00767 e. The monoisotopic (exact) mass is 274 g/mol. The van der Waals surface area contributed by atoms with Crippen molar-refractivity contribution in [3.05, 3.63) is 76.9 Å². The van der Waals surface area contributed by atoms with Crippen molar-refractivity contribution in [3.63, 3.8) is 0 Å². The highest BCUT2D eigenvalue weighted by atomic mass is 14.2. The molecule has 1 aliphatic carbocycles. The second-order valence-electron chi connectivity index (χ2n) is 6.02. The van der Waals surface area contributed by atoms with Gasteiger partial charge in [0.2, 0.25) is 0 Å². The fraction of sp³-hybridized carbons (Fsp3) is 0.238. The van der Waals surface area contributed by atoms with Gasteiger partial charge in [-0.15, -0.1) is 0 Å². The van der Waals surface area contributed by atoms with Gasteiger partial charge in [-0.2, -0.15) is 0 Å². The van der Waals surface area contributed by atoms with Crippen LogP contribution in [-0.4, -0.2) is 0 Å². The van der Waals surface area contributed by atoms with Gasteiger partial charge in [-0.3, -0.25) is 0 Å². The maximum atomic E-state index is 2.30. The summed E-state index contributed by atoms with van der Waals surface area (Å²) in [5.74, 6) is 0. The fourth-order valence-electron chi connectivity index (χ4n) is 3.11. The Morgan fingerprint density at radius 3 is 2.10 bits per heavy atom. The van der Waals surface area contributed by atoms with Crippen LogP contribution in [0.1, 0.15) is 36.5 Å². The van der Waals surface area contributed by atoms with E-state index in [1.54, 1.807) is 0 Å². The van der Waals surface area contributed by atoms with Crippen molar-refractivity contribution in [1.82, 2.24) is 0 Å². The predicted octanol–water partition coefficient (Wildman–Crippen LogP) is 6.09. The zero-order valence-corrected chi connectivity index (χ0v) is 13.1. The number of allylic oxidation sites excluding steroid dienone is 4. The number of rotatable bonds is 2. The highest BCUT2D eigenvalue weighted by Crippen LogP contribution is 2.37.